The van der Waals surface area contributed by atoms with Crippen LogP contribution < -0.4 is 5.32 Å². The summed E-state index contributed by atoms with van der Waals surface area (Å²) in [4.78, 5) is 36.9. The van der Waals surface area contributed by atoms with Crippen LogP contribution in [-0.2, 0) is 20.7 Å². The Morgan fingerprint density at radius 2 is 1.84 bits per heavy atom. The van der Waals surface area contributed by atoms with Crippen molar-refractivity contribution in [1.29, 1.82) is 0 Å². The van der Waals surface area contributed by atoms with Crippen molar-refractivity contribution in [2.24, 2.45) is 5.92 Å². The molecule has 0 unspecified atom stereocenters. The third-order valence-corrected chi connectivity index (χ3v) is 5.30. The number of aliphatic carboxylic acids is 1. The van der Waals surface area contributed by atoms with Crippen molar-refractivity contribution < 1.29 is 24.2 Å². The molecular weight excluding hydrogens is 406 g/mol. The molecule has 0 saturated heterocycles. The van der Waals surface area contributed by atoms with E-state index in [1.54, 1.807) is 20.8 Å². The molecule has 6 heteroatoms. The molecule has 0 aromatic heterocycles. The van der Waals surface area contributed by atoms with Crippen molar-refractivity contribution in [2.45, 2.75) is 77.4 Å². The predicted octanol–water partition coefficient (Wildman–Crippen LogP) is 5.23. The van der Waals surface area contributed by atoms with E-state index in [2.05, 4.69) is 11.4 Å². The van der Waals surface area contributed by atoms with Crippen LogP contribution in [0.4, 0.5) is 4.79 Å². The van der Waals surface area contributed by atoms with Gasteiger partial charge >= 0.3 is 12.1 Å². The summed E-state index contributed by atoms with van der Waals surface area (Å²) in [6, 6.07) is 8.81. The van der Waals surface area contributed by atoms with Crippen LogP contribution in [0, 0.1) is 5.92 Å². The summed E-state index contributed by atoms with van der Waals surface area (Å²) in [5.74, 6) is -1.51. The SMILES string of the molecule is CC(C)(C)OC(=O)N[C@@H](CC1=CC=CCC1)C(=O)CCC[C@@H](Cc1ccccc1)C(=O)O. The molecule has 32 heavy (non-hydrogen) atoms. The fourth-order valence-electron chi connectivity index (χ4n) is 3.69. The van der Waals surface area contributed by atoms with E-state index in [0.717, 1.165) is 24.0 Å². The van der Waals surface area contributed by atoms with E-state index in [9.17, 15) is 19.5 Å². The Hall–Kier alpha value is -2.89. The molecule has 1 amide bonds. The molecule has 174 valence electrons. The van der Waals surface area contributed by atoms with Crippen LogP contribution in [0.25, 0.3) is 0 Å². The Balaban J connectivity index is 1.96. The molecule has 1 aromatic rings. The summed E-state index contributed by atoms with van der Waals surface area (Å²) in [6.07, 6.45) is 9.12. The van der Waals surface area contributed by atoms with Crippen LogP contribution in [-0.4, -0.2) is 34.6 Å². The predicted molar refractivity (Wildman–Crippen MR) is 124 cm³/mol. The first kappa shape index (κ1) is 25.4. The van der Waals surface area contributed by atoms with E-state index in [0.29, 0.717) is 25.7 Å². The highest BCUT2D eigenvalue weighted by Gasteiger charge is 2.26. The van der Waals surface area contributed by atoms with E-state index in [-0.39, 0.29) is 12.2 Å². The topological polar surface area (TPSA) is 92.7 Å². The number of carboxylic acids is 1. The second kappa shape index (κ2) is 12.2. The number of carbonyl (C=O) groups is 3. The van der Waals surface area contributed by atoms with Gasteiger partial charge in [-0.15, -0.1) is 0 Å². The van der Waals surface area contributed by atoms with E-state index < -0.39 is 29.6 Å². The molecule has 0 saturated carbocycles. The molecule has 0 spiro atoms. The van der Waals surface area contributed by atoms with Gasteiger partial charge in [-0.25, -0.2) is 4.79 Å². The lowest BCUT2D eigenvalue weighted by Crippen LogP contribution is -2.43. The number of allylic oxidation sites excluding steroid dienone is 3. The number of rotatable bonds is 11. The largest absolute Gasteiger partial charge is 0.481 e. The molecule has 1 aliphatic rings. The number of nitrogens with one attached hydrogen (secondary N) is 1. The van der Waals surface area contributed by atoms with Crippen LogP contribution in [0.2, 0.25) is 0 Å². The molecule has 1 aliphatic carbocycles. The molecular formula is C26H35NO5. The highest BCUT2D eigenvalue weighted by molar-refractivity contribution is 5.87. The zero-order valence-corrected chi connectivity index (χ0v) is 19.3. The maximum atomic E-state index is 13.0. The van der Waals surface area contributed by atoms with Crippen molar-refractivity contribution in [2.75, 3.05) is 0 Å². The Morgan fingerprint density at radius 1 is 1.12 bits per heavy atom. The Labute approximate surface area is 190 Å². The van der Waals surface area contributed by atoms with E-state index in [1.807, 2.05) is 42.5 Å². The number of amides is 1. The van der Waals surface area contributed by atoms with Crippen LogP contribution in [0.1, 0.15) is 64.9 Å². The lowest BCUT2D eigenvalue weighted by molar-refractivity contribution is -0.142. The Bertz CT molecular complexity index is 836. The molecule has 2 rings (SSSR count). The average molecular weight is 442 g/mol. The number of ether oxygens (including phenoxy) is 1. The third kappa shape index (κ3) is 9.50. The molecule has 0 heterocycles. The standard InChI is InChI=1S/C26H35NO5/c1-26(2,3)32-25(31)27-22(18-20-13-8-5-9-14-20)23(28)16-10-15-21(24(29)30)17-19-11-6-4-7-12-19/h4-8,11-13,21-22H,9-10,14-18H2,1-3H3,(H,27,31)(H,29,30)/t21-,22-/m0/s1. The highest BCUT2D eigenvalue weighted by atomic mass is 16.6. The second-order valence-corrected chi connectivity index (χ2v) is 9.28. The lowest BCUT2D eigenvalue weighted by Gasteiger charge is -2.24. The number of benzene rings is 1. The minimum Gasteiger partial charge on any atom is -0.481 e. The second-order valence-electron chi connectivity index (χ2n) is 9.28. The molecule has 2 N–H and O–H groups in total. The summed E-state index contributed by atoms with van der Waals surface area (Å²) in [5, 5.41) is 12.3. The highest BCUT2D eigenvalue weighted by Crippen LogP contribution is 2.21. The number of Topliss-reactive ketones (excluding diaryl/α,β-unsaturated/α-hetero) is 1. The third-order valence-electron chi connectivity index (χ3n) is 5.30. The van der Waals surface area contributed by atoms with E-state index >= 15 is 0 Å². The van der Waals surface area contributed by atoms with Crippen molar-refractivity contribution in [3.8, 4) is 0 Å². The minimum absolute atomic E-state index is 0.102. The minimum atomic E-state index is -0.858. The number of carbonyl (C=O) groups excluding carboxylic acids is 2. The van der Waals surface area contributed by atoms with E-state index in [4.69, 9.17) is 4.74 Å². The van der Waals surface area contributed by atoms with Gasteiger partial charge in [-0.1, -0.05) is 54.1 Å². The molecule has 0 aliphatic heterocycles. The molecule has 0 radical (unpaired) electrons. The normalized spacial score (nSPS) is 15.4. The Morgan fingerprint density at radius 3 is 2.44 bits per heavy atom. The summed E-state index contributed by atoms with van der Waals surface area (Å²) in [5.41, 5.74) is 1.42. The van der Waals surface area contributed by atoms with E-state index in [1.165, 1.54) is 0 Å². The molecule has 1 aromatic carbocycles. The summed E-state index contributed by atoms with van der Waals surface area (Å²) in [6.45, 7) is 5.32. The zero-order chi connectivity index (χ0) is 23.6. The van der Waals surface area contributed by atoms with Crippen LogP contribution in [0.3, 0.4) is 0 Å². The van der Waals surface area contributed by atoms with Crippen LogP contribution in [0.15, 0.2) is 54.1 Å². The quantitative estimate of drug-likeness (QED) is 0.490. The number of hydrogen-bond acceptors (Lipinski definition) is 4. The first-order valence-corrected chi connectivity index (χ1v) is 11.3. The van der Waals surface area contributed by atoms with Gasteiger partial charge in [0.05, 0.1) is 12.0 Å². The summed E-state index contributed by atoms with van der Waals surface area (Å²) in [7, 11) is 0. The van der Waals surface area contributed by atoms with Gasteiger partial charge in [0.15, 0.2) is 5.78 Å². The average Bonchev–Trinajstić information content (AvgIpc) is 2.72. The van der Waals surface area contributed by atoms with Gasteiger partial charge in [0.2, 0.25) is 0 Å². The van der Waals surface area contributed by atoms with Gasteiger partial charge < -0.3 is 15.2 Å². The fourth-order valence-corrected chi connectivity index (χ4v) is 3.69. The number of alkyl carbamates (subject to hydrolysis) is 1. The first-order valence-electron chi connectivity index (χ1n) is 11.3. The van der Waals surface area contributed by atoms with Gasteiger partial charge in [-0.3, -0.25) is 9.59 Å². The van der Waals surface area contributed by atoms with Crippen molar-refractivity contribution in [3.05, 3.63) is 59.7 Å². The van der Waals surface area contributed by atoms with Crippen molar-refractivity contribution in [1.82, 2.24) is 5.32 Å². The van der Waals surface area contributed by atoms with Crippen molar-refractivity contribution >= 4 is 17.8 Å². The monoisotopic (exact) mass is 441 g/mol. The first-order chi connectivity index (χ1) is 15.1. The molecule has 0 bridgehead atoms. The van der Waals surface area contributed by atoms with Gasteiger partial charge in [0, 0.05) is 6.42 Å². The van der Waals surface area contributed by atoms with Gasteiger partial charge in [-0.05, 0) is 64.9 Å². The maximum absolute atomic E-state index is 13.0. The number of carboxylic acid groups (broad SMARTS) is 1. The van der Waals surface area contributed by atoms with Gasteiger partial charge in [0.1, 0.15) is 5.60 Å². The smallest absolute Gasteiger partial charge is 0.408 e. The molecule has 0 fully saturated rings. The molecule has 6 nitrogen and oxygen atoms in total. The lowest BCUT2D eigenvalue weighted by atomic mass is 9.91. The zero-order valence-electron chi connectivity index (χ0n) is 19.3. The fraction of sp³-hybridized carbons (Fsp3) is 0.500. The Kier molecular flexibility index (Phi) is 9.69. The van der Waals surface area contributed by atoms with Crippen LogP contribution in [0.5, 0.6) is 0 Å². The van der Waals surface area contributed by atoms with Gasteiger partial charge in [-0.2, -0.15) is 0 Å². The van der Waals surface area contributed by atoms with Crippen molar-refractivity contribution in [3.63, 3.8) is 0 Å². The summed E-state index contributed by atoms with van der Waals surface area (Å²) >= 11 is 0. The molecule has 2 atom stereocenters. The number of hydrogen-bond donors (Lipinski definition) is 2. The number of ketones is 1. The van der Waals surface area contributed by atoms with Gasteiger partial charge in [0.25, 0.3) is 0 Å². The summed E-state index contributed by atoms with van der Waals surface area (Å²) < 4.78 is 5.33. The maximum Gasteiger partial charge on any atom is 0.408 e. The van der Waals surface area contributed by atoms with Crippen LogP contribution >= 0.6 is 0 Å².